The fourth-order valence-electron chi connectivity index (χ4n) is 3.81. The van der Waals surface area contributed by atoms with Gasteiger partial charge in [0.25, 0.3) is 5.56 Å². The monoisotopic (exact) mass is 448 g/mol. The third-order valence-electron chi connectivity index (χ3n) is 5.71. The first-order chi connectivity index (χ1) is 14.9. The molecule has 3 nitrogen and oxygen atoms in total. The molecule has 0 aliphatic carbocycles. The highest BCUT2D eigenvalue weighted by molar-refractivity contribution is 7.98. The Bertz CT molecular complexity index is 1320. The van der Waals surface area contributed by atoms with Gasteiger partial charge in [-0.3, -0.25) is 9.36 Å². The van der Waals surface area contributed by atoms with Gasteiger partial charge in [-0.15, -0.1) is 11.3 Å². The zero-order chi connectivity index (χ0) is 22.1. The van der Waals surface area contributed by atoms with E-state index >= 15 is 0 Å². The molecule has 0 saturated heterocycles. The van der Waals surface area contributed by atoms with Crippen molar-refractivity contribution in [3.8, 4) is 5.69 Å². The Hall–Kier alpha value is -2.37. The van der Waals surface area contributed by atoms with Crippen molar-refractivity contribution in [2.24, 2.45) is 0 Å². The molecule has 4 aromatic rings. The first kappa shape index (κ1) is 21.8. The number of hydrogen-bond donors (Lipinski definition) is 0. The van der Waals surface area contributed by atoms with E-state index < -0.39 is 0 Å². The Morgan fingerprint density at radius 3 is 2.55 bits per heavy atom. The molecule has 160 valence electrons. The van der Waals surface area contributed by atoms with Crippen molar-refractivity contribution in [3.05, 3.63) is 85.5 Å². The molecule has 0 saturated carbocycles. The van der Waals surface area contributed by atoms with E-state index in [9.17, 15) is 4.79 Å². The lowest BCUT2D eigenvalue weighted by Gasteiger charge is -2.14. The maximum Gasteiger partial charge on any atom is 0.267 e. The van der Waals surface area contributed by atoms with Crippen LogP contribution in [0.4, 0.5) is 0 Å². The summed E-state index contributed by atoms with van der Waals surface area (Å²) in [5.74, 6) is 0.774. The summed E-state index contributed by atoms with van der Waals surface area (Å²) in [5.41, 5.74) is 6.89. The van der Waals surface area contributed by atoms with Crippen molar-refractivity contribution in [3.63, 3.8) is 0 Å². The minimum Gasteiger partial charge on any atom is -0.268 e. The molecule has 2 heterocycles. The topological polar surface area (TPSA) is 34.9 Å². The largest absolute Gasteiger partial charge is 0.268 e. The Labute approximate surface area is 192 Å². The van der Waals surface area contributed by atoms with Gasteiger partial charge in [-0.05, 0) is 68.5 Å². The van der Waals surface area contributed by atoms with E-state index in [1.165, 1.54) is 27.1 Å². The lowest BCUT2D eigenvalue weighted by molar-refractivity contribution is 0.820. The van der Waals surface area contributed by atoms with Crippen molar-refractivity contribution in [2.45, 2.75) is 58.4 Å². The van der Waals surface area contributed by atoms with Crippen LogP contribution in [0.2, 0.25) is 0 Å². The van der Waals surface area contributed by atoms with E-state index in [1.807, 2.05) is 10.6 Å². The molecule has 0 N–H and O–H groups in total. The lowest BCUT2D eigenvalue weighted by Crippen LogP contribution is -2.21. The fraction of sp³-hybridized carbons (Fsp3) is 0.308. The molecule has 5 heteroatoms. The van der Waals surface area contributed by atoms with E-state index in [1.54, 1.807) is 23.1 Å². The molecule has 0 aliphatic rings. The number of nitrogens with zero attached hydrogens (tertiary/aromatic N) is 2. The van der Waals surface area contributed by atoms with Gasteiger partial charge in [0.15, 0.2) is 5.16 Å². The molecule has 0 unspecified atom stereocenters. The van der Waals surface area contributed by atoms with Crippen molar-refractivity contribution in [1.82, 2.24) is 9.55 Å². The van der Waals surface area contributed by atoms with Crippen molar-refractivity contribution in [1.29, 1.82) is 0 Å². The molecule has 0 aliphatic heterocycles. The summed E-state index contributed by atoms with van der Waals surface area (Å²) < 4.78 is 1.81. The summed E-state index contributed by atoms with van der Waals surface area (Å²) in [6.07, 6.45) is 2.05. The molecule has 31 heavy (non-hydrogen) atoms. The van der Waals surface area contributed by atoms with E-state index in [4.69, 9.17) is 4.98 Å². The van der Waals surface area contributed by atoms with Crippen LogP contribution in [0, 0.1) is 27.7 Å². The molecular weight excluding hydrogens is 420 g/mol. The molecule has 0 radical (unpaired) electrons. The summed E-state index contributed by atoms with van der Waals surface area (Å²) >= 11 is 3.30. The van der Waals surface area contributed by atoms with Crippen LogP contribution in [0.15, 0.2) is 52.4 Å². The Morgan fingerprint density at radius 2 is 1.84 bits per heavy atom. The lowest BCUT2D eigenvalue weighted by atomic mass is 10.1. The molecule has 2 aromatic carbocycles. The van der Waals surface area contributed by atoms with Gasteiger partial charge in [-0.2, -0.15) is 0 Å². The second-order valence-corrected chi connectivity index (χ2v) is 10.2. The number of thioether (sulfide) groups is 1. The van der Waals surface area contributed by atoms with E-state index in [2.05, 4.69) is 71.0 Å². The number of aryl methyl sites for hydroxylation is 5. The average molecular weight is 449 g/mol. The molecule has 4 rings (SSSR count). The van der Waals surface area contributed by atoms with Gasteiger partial charge in [0.05, 0.1) is 11.1 Å². The van der Waals surface area contributed by atoms with Crippen LogP contribution in [-0.2, 0) is 12.2 Å². The van der Waals surface area contributed by atoms with Gasteiger partial charge in [0.2, 0.25) is 0 Å². The minimum absolute atomic E-state index is 0.0381. The predicted molar refractivity (Wildman–Crippen MR) is 134 cm³/mol. The van der Waals surface area contributed by atoms with Gasteiger partial charge in [0, 0.05) is 10.6 Å². The van der Waals surface area contributed by atoms with Gasteiger partial charge < -0.3 is 0 Å². The Balaban J connectivity index is 1.89. The number of thiophene rings is 1. The smallest absolute Gasteiger partial charge is 0.267 e. The first-order valence-corrected chi connectivity index (χ1v) is 12.5. The molecule has 0 bridgehead atoms. The number of aromatic nitrogens is 2. The summed E-state index contributed by atoms with van der Waals surface area (Å²) in [4.78, 5) is 20.9. The third-order valence-corrected chi connectivity index (χ3v) is 7.96. The van der Waals surface area contributed by atoms with Crippen LogP contribution in [-0.4, -0.2) is 9.55 Å². The van der Waals surface area contributed by atoms with Crippen LogP contribution in [0.3, 0.4) is 0 Å². The summed E-state index contributed by atoms with van der Waals surface area (Å²) in [7, 11) is 0. The van der Waals surface area contributed by atoms with Crippen LogP contribution < -0.4 is 5.56 Å². The number of hydrogen-bond acceptors (Lipinski definition) is 4. The summed E-state index contributed by atoms with van der Waals surface area (Å²) in [5, 5.41) is 1.53. The normalized spacial score (nSPS) is 11.4. The van der Waals surface area contributed by atoms with E-state index in [0.29, 0.717) is 0 Å². The zero-order valence-electron chi connectivity index (χ0n) is 18.8. The quantitative estimate of drug-likeness (QED) is 0.237. The molecular formula is C26H28N2OS2. The Morgan fingerprint density at radius 1 is 1.03 bits per heavy atom. The van der Waals surface area contributed by atoms with Gasteiger partial charge in [-0.1, -0.05) is 61.0 Å². The number of benzene rings is 2. The number of rotatable bonds is 6. The van der Waals surface area contributed by atoms with Crippen molar-refractivity contribution < 1.29 is 0 Å². The minimum atomic E-state index is 0.0381. The van der Waals surface area contributed by atoms with Crippen molar-refractivity contribution >= 4 is 33.3 Å². The standard InChI is InChI=1S/C26H28N2OS2/c1-6-8-22-19(5)23-24(31-22)27-26(30-15-20-10-7-9-16(2)13-20)28(25(23)29)21-12-11-17(3)18(4)14-21/h7,9-14H,6,8,15H2,1-5H3. The molecule has 0 fully saturated rings. The second-order valence-electron chi connectivity index (χ2n) is 8.16. The number of fused-ring (bicyclic) bond motifs is 1. The molecule has 0 amide bonds. The van der Waals surface area contributed by atoms with Crippen LogP contribution in [0.5, 0.6) is 0 Å². The molecule has 2 aromatic heterocycles. The van der Waals surface area contributed by atoms with Crippen LogP contribution in [0.1, 0.15) is 46.0 Å². The van der Waals surface area contributed by atoms with Gasteiger partial charge >= 0.3 is 0 Å². The third kappa shape index (κ3) is 4.35. The van der Waals surface area contributed by atoms with E-state index in [0.717, 1.165) is 45.2 Å². The zero-order valence-corrected chi connectivity index (χ0v) is 20.4. The second kappa shape index (κ2) is 9.01. The highest BCUT2D eigenvalue weighted by Gasteiger charge is 2.19. The maximum absolute atomic E-state index is 13.8. The van der Waals surface area contributed by atoms with Crippen molar-refractivity contribution in [2.75, 3.05) is 0 Å². The SMILES string of the molecule is CCCc1sc2nc(SCc3cccc(C)c3)n(-c3ccc(C)c(C)c3)c(=O)c2c1C. The van der Waals surface area contributed by atoms with Gasteiger partial charge in [0.1, 0.15) is 4.83 Å². The first-order valence-electron chi connectivity index (χ1n) is 10.7. The average Bonchev–Trinajstić information content (AvgIpc) is 3.05. The highest BCUT2D eigenvalue weighted by atomic mass is 32.2. The van der Waals surface area contributed by atoms with Gasteiger partial charge in [-0.25, -0.2) is 4.98 Å². The fourth-order valence-corrected chi connectivity index (χ4v) is 6.09. The summed E-state index contributed by atoms with van der Waals surface area (Å²) in [6.45, 7) is 10.5. The Kier molecular flexibility index (Phi) is 6.35. The van der Waals surface area contributed by atoms with Crippen LogP contribution in [0.25, 0.3) is 15.9 Å². The van der Waals surface area contributed by atoms with Crippen LogP contribution >= 0.6 is 23.1 Å². The predicted octanol–water partition coefficient (Wildman–Crippen LogP) is 6.93. The summed E-state index contributed by atoms with van der Waals surface area (Å²) in [6, 6.07) is 14.7. The highest BCUT2D eigenvalue weighted by Crippen LogP contribution is 2.32. The maximum atomic E-state index is 13.8. The van der Waals surface area contributed by atoms with E-state index in [-0.39, 0.29) is 5.56 Å². The molecule has 0 atom stereocenters. The molecule has 0 spiro atoms.